The second kappa shape index (κ2) is 7.70. The second-order valence-electron chi connectivity index (χ2n) is 3.88. The highest BCUT2D eigenvalue weighted by molar-refractivity contribution is 7.11. The molecule has 0 aliphatic heterocycles. The molecule has 19 heavy (non-hydrogen) atoms. The van der Waals surface area contributed by atoms with E-state index >= 15 is 0 Å². The van der Waals surface area contributed by atoms with Crippen LogP contribution >= 0.6 is 11.3 Å². The summed E-state index contributed by atoms with van der Waals surface area (Å²) in [6.07, 6.45) is 1.76. The third kappa shape index (κ3) is 6.16. The van der Waals surface area contributed by atoms with Crippen LogP contribution in [0.4, 0.5) is 4.79 Å². The van der Waals surface area contributed by atoms with E-state index in [1.54, 1.807) is 6.20 Å². The molecule has 106 valence electrons. The smallest absolute Gasteiger partial charge is 0.329 e. The molecule has 0 aromatic carbocycles. The van der Waals surface area contributed by atoms with Gasteiger partial charge in [-0.25, -0.2) is 14.6 Å². The first-order valence-corrected chi connectivity index (χ1v) is 6.57. The van der Waals surface area contributed by atoms with Gasteiger partial charge in [-0.2, -0.15) is 0 Å². The fraction of sp³-hybridized carbons (Fsp3) is 0.545. The van der Waals surface area contributed by atoms with E-state index in [0.717, 1.165) is 9.88 Å². The van der Waals surface area contributed by atoms with E-state index in [0.29, 0.717) is 0 Å². The summed E-state index contributed by atoms with van der Waals surface area (Å²) in [4.78, 5) is 27.0. The zero-order chi connectivity index (χ0) is 14.3. The summed E-state index contributed by atoms with van der Waals surface area (Å²) in [7, 11) is 0. The summed E-state index contributed by atoms with van der Waals surface area (Å²) in [6, 6.07) is -0.502. The molecule has 2 amide bonds. The first kappa shape index (κ1) is 15.4. The molecule has 1 unspecified atom stereocenters. The number of aliphatic carboxylic acids is 1. The van der Waals surface area contributed by atoms with Gasteiger partial charge in [0.2, 0.25) is 0 Å². The monoisotopic (exact) mass is 287 g/mol. The molecule has 1 aromatic rings. The Morgan fingerprint density at radius 1 is 1.58 bits per heavy atom. The van der Waals surface area contributed by atoms with Gasteiger partial charge in [0.1, 0.15) is 11.6 Å². The van der Waals surface area contributed by atoms with E-state index in [2.05, 4.69) is 15.6 Å². The van der Waals surface area contributed by atoms with Gasteiger partial charge in [-0.3, -0.25) is 0 Å². The highest BCUT2D eigenvalue weighted by atomic mass is 32.1. The lowest BCUT2D eigenvalue weighted by Gasteiger charge is -2.12. The number of aryl methyl sites for hydroxylation is 1. The van der Waals surface area contributed by atoms with E-state index in [1.165, 1.54) is 11.3 Å². The number of aromatic nitrogens is 1. The minimum Gasteiger partial charge on any atom is -0.480 e. The van der Waals surface area contributed by atoms with E-state index in [9.17, 15) is 9.59 Å². The van der Waals surface area contributed by atoms with Crippen molar-refractivity contribution in [2.75, 3.05) is 19.8 Å². The molecule has 0 saturated heterocycles. The summed E-state index contributed by atoms with van der Waals surface area (Å²) >= 11 is 1.53. The Bertz CT molecular complexity index is 435. The number of carboxylic acid groups (broad SMARTS) is 1. The van der Waals surface area contributed by atoms with Crippen molar-refractivity contribution in [1.29, 1.82) is 0 Å². The largest absolute Gasteiger partial charge is 0.480 e. The lowest BCUT2D eigenvalue weighted by Crippen LogP contribution is -2.38. The maximum atomic E-state index is 11.5. The highest BCUT2D eigenvalue weighted by Crippen LogP contribution is 2.18. The molecule has 0 aliphatic carbocycles. The molecule has 8 heteroatoms. The van der Waals surface area contributed by atoms with E-state index < -0.39 is 5.97 Å². The highest BCUT2D eigenvalue weighted by Gasteiger charge is 2.11. The maximum Gasteiger partial charge on any atom is 0.329 e. The number of thiazole rings is 1. The van der Waals surface area contributed by atoms with Crippen LogP contribution in [0.5, 0.6) is 0 Å². The molecule has 0 saturated carbocycles. The normalized spacial score (nSPS) is 11.9. The van der Waals surface area contributed by atoms with Crippen LogP contribution in [0.2, 0.25) is 0 Å². The first-order chi connectivity index (χ1) is 8.99. The van der Waals surface area contributed by atoms with Gasteiger partial charge in [0, 0.05) is 17.6 Å². The van der Waals surface area contributed by atoms with Crippen LogP contribution in [0, 0.1) is 6.92 Å². The van der Waals surface area contributed by atoms with Gasteiger partial charge in [-0.05, 0) is 13.8 Å². The molecule has 1 rings (SSSR count). The van der Waals surface area contributed by atoms with Crippen molar-refractivity contribution in [3.05, 3.63) is 16.1 Å². The Labute approximate surface area is 115 Å². The third-order valence-corrected chi connectivity index (χ3v) is 3.21. The molecule has 3 N–H and O–H groups in total. The Kier molecular flexibility index (Phi) is 6.23. The maximum absolute atomic E-state index is 11.5. The molecule has 0 aliphatic rings. The molecule has 0 radical (unpaired) electrons. The second-order valence-corrected chi connectivity index (χ2v) is 5.14. The van der Waals surface area contributed by atoms with Gasteiger partial charge in [0.25, 0.3) is 0 Å². The van der Waals surface area contributed by atoms with Crippen molar-refractivity contribution in [3.63, 3.8) is 0 Å². The number of carbonyl (C=O) groups excluding carboxylic acids is 1. The molecule has 7 nitrogen and oxygen atoms in total. The van der Waals surface area contributed by atoms with E-state index in [4.69, 9.17) is 9.84 Å². The van der Waals surface area contributed by atoms with Gasteiger partial charge in [0.05, 0.1) is 12.6 Å². The average molecular weight is 287 g/mol. The number of urea groups is 1. The topological polar surface area (TPSA) is 101 Å². The van der Waals surface area contributed by atoms with Crippen molar-refractivity contribution in [3.8, 4) is 0 Å². The number of hydrogen-bond donors (Lipinski definition) is 3. The van der Waals surface area contributed by atoms with Crippen LogP contribution < -0.4 is 10.6 Å². The van der Waals surface area contributed by atoms with Gasteiger partial charge in [0.15, 0.2) is 0 Å². The summed E-state index contributed by atoms with van der Waals surface area (Å²) in [5, 5.41) is 14.5. The van der Waals surface area contributed by atoms with Crippen molar-refractivity contribution in [2.24, 2.45) is 0 Å². The van der Waals surface area contributed by atoms with Crippen molar-refractivity contribution in [1.82, 2.24) is 15.6 Å². The Balaban J connectivity index is 2.18. The number of hydrogen-bond acceptors (Lipinski definition) is 5. The van der Waals surface area contributed by atoms with Gasteiger partial charge >= 0.3 is 12.0 Å². The Hall–Kier alpha value is -1.67. The van der Waals surface area contributed by atoms with Crippen LogP contribution in [0.15, 0.2) is 6.20 Å². The van der Waals surface area contributed by atoms with Crippen LogP contribution in [0.3, 0.4) is 0 Å². The molecule has 1 heterocycles. The zero-order valence-electron chi connectivity index (χ0n) is 10.8. The first-order valence-electron chi connectivity index (χ1n) is 5.75. The van der Waals surface area contributed by atoms with Crippen molar-refractivity contribution in [2.45, 2.75) is 19.9 Å². The minimum absolute atomic E-state index is 0.157. The predicted molar refractivity (Wildman–Crippen MR) is 70.3 cm³/mol. The SMILES string of the molecule is Cc1cnc(C(C)NC(=O)NCCOCC(=O)O)s1. The van der Waals surface area contributed by atoms with Crippen LogP contribution in [-0.2, 0) is 9.53 Å². The molecule has 1 atom stereocenters. The molecule has 1 aromatic heterocycles. The summed E-state index contributed by atoms with van der Waals surface area (Å²) in [5.74, 6) is -1.03. The molecular weight excluding hydrogens is 270 g/mol. The fourth-order valence-electron chi connectivity index (χ4n) is 1.28. The average Bonchev–Trinajstić information content (AvgIpc) is 2.75. The Morgan fingerprint density at radius 3 is 2.89 bits per heavy atom. The van der Waals surface area contributed by atoms with E-state index in [-0.39, 0.29) is 31.8 Å². The molecular formula is C11H17N3O4S. The minimum atomic E-state index is -1.03. The summed E-state index contributed by atoms with van der Waals surface area (Å²) in [6.45, 7) is 3.85. The van der Waals surface area contributed by atoms with Gasteiger partial charge in [-0.1, -0.05) is 0 Å². The van der Waals surface area contributed by atoms with Crippen LogP contribution in [0.25, 0.3) is 0 Å². The quantitative estimate of drug-likeness (QED) is 0.647. The predicted octanol–water partition coefficient (Wildman–Crippen LogP) is 0.913. The molecule has 0 fully saturated rings. The lowest BCUT2D eigenvalue weighted by molar-refractivity contribution is -0.142. The van der Waals surface area contributed by atoms with Gasteiger partial charge < -0.3 is 20.5 Å². The number of carboxylic acids is 1. The van der Waals surface area contributed by atoms with Gasteiger partial charge in [-0.15, -0.1) is 11.3 Å². The number of ether oxygens (including phenoxy) is 1. The van der Waals surface area contributed by atoms with E-state index in [1.807, 2.05) is 13.8 Å². The number of nitrogens with zero attached hydrogens (tertiary/aromatic N) is 1. The number of amides is 2. The van der Waals surface area contributed by atoms with Crippen LogP contribution in [-0.4, -0.2) is 41.8 Å². The molecule has 0 bridgehead atoms. The zero-order valence-corrected chi connectivity index (χ0v) is 11.6. The number of carbonyl (C=O) groups is 2. The third-order valence-electron chi connectivity index (χ3n) is 2.11. The lowest BCUT2D eigenvalue weighted by atomic mass is 10.4. The Morgan fingerprint density at radius 2 is 2.32 bits per heavy atom. The van der Waals surface area contributed by atoms with Crippen molar-refractivity contribution < 1.29 is 19.4 Å². The van der Waals surface area contributed by atoms with Crippen molar-refractivity contribution >= 4 is 23.3 Å². The summed E-state index contributed by atoms with van der Waals surface area (Å²) in [5.41, 5.74) is 0. The number of nitrogens with one attached hydrogen (secondary N) is 2. The standard InChI is InChI=1S/C11H17N3O4S/c1-7-5-13-10(19-7)8(2)14-11(17)12-3-4-18-6-9(15)16/h5,8H,3-4,6H2,1-2H3,(H,15,16)(H2,12,14,17). The fourth-order valence-corrected chi connectivity index (χ4v) is 2.05. The summed E-state index contributed by atoms with van der Waals surface area (Å²) < 4.78 is 4.79. The molecule has 0 spiro atoms. The van der Waals surface area contributed by atoms with Crippen LogP contribution in [0.1, 0.15) is 22.9 Å². The number of rotatable bonds is 7.